The third-order valence-electron chi connectivity index (χ3n) is 6.09. The van der Waals surface area contributed by atoms with Gasteiger partial charge in [0.05, 0.1) is 12.6 Å². The zero-order valence-corrected chi connectivity index (χ0v) is 18.6. The summed E-state index contributed by atoms with van der Waals surface area (Å²) < 4.78 is 5.92. The van der Waals surface area contributed by atoms with Gasteiger partial charge in [-0.1, -0.05) is 13.0 Å². The molecule has 1 fully saturated rings. The lowest BCUT2D eigenvalue weighted by atomic mass is 9.87. The Hall–Kier alpha value is -1.59. The third kappa shape index (κ3) is 6.45. The van der Waals surface area contributed by atoms with Crippen molar-refractivity contribution in [3.05, 3.63) is 29.3 Å². The van der Waals surface area contributed by atoms with Crippen LogP contribution < -0.4 is 10.1 Å². The van der Waals surface area contributed by atoms with Crippen molar-refractivity contribution < 1.29 is 9.53 Å². The second-order valence-electron chi connectivity index (χ2n) is 8.79. The van der Waals surface area contributed by atoms with Gasteiger partial charge in [0, 0.05) is 25.7 Å². The molecular formula is C24H39N3O2. The summed E-state index contributed by atoms with van der Waals surface area (Å²) in [5.74, 6) is 1.26. The Balaban J connectivity index is 1.52. The summed E-state index contributed by atoms with van der Waals surface area (Å²) >= 11 is 0. The van der Waals surface area contributed by atoms with E-state index in [0.29, 0.717) is 12.6 Å². The summed E-state index contributed by atoms with van der Waals surface area (Å²) in [6, 6.07) is 7.28. The smallest absolute Gasteiger partial charge is 0.236 e. The first-order chi connectivity index (χ1) is 14.1. The highest BCUT2D eigenvalue weighted by Gasteiger charge is 2.24. The van der Waals surface area contributed by atoms with Gasteiger partial charge in [0.2, 0.25) is 5.91 Å². The van der Waals surface area contributed by atoms with Crippen LogP contribution in [-0.4, -0.2) is 67.1 Å². The van der Waals surface area contributed by atoms with Crippen LogP contribution in [0.15, 0.2) is 18.2 Å². The number of rotatable bonds is 10. The van der Waals surface area contributed by atoms with Crippen LogP contribution >= 0.6 is 0 Å². The van der Waals surface area contributed by atoms with E-state index in [9.17, 15) is 4.79 Å². The third-order valence-corrected chi connectivity index (χ3v) is 6.09. The van der Waals surface area contributed by atoms with Crippen LogP contribution in [0.4, 0.5) is 0 Å². The first-order valence-electron chi connectivity index (χ1n) is 11.6. The largest absolute Gasteiger partial charge is 0.491 e. The number of piperazine rings is 1. The van der Waals surface area contributed by atoms with E-state index in [1.807, 2.05) is 4.90 Å². The Bertz CT molecular complexity index is 662. The summed E-state index contributed by atoms with van der Waals surface area (Å²) in [5.41, 5.74) is 2.96. The Morgan fingerprint density at radius 1 is 1.24 bits per heavy atom. The van der Waals surface area contributed by atoms with Crippen molar-refractivity contribution in [2.75, 3.05) is 39.3 Å². The van der Waals surface area contributed by atoms with E-state index in [1.165, 1.54) is 24.0 Å². The topological polar surface area (TPSA) is 44.8 Å². The molecule has 5 heteroatoms. The number of hydrogen-bond donors (Lipinski definition) is 1. The van der Waals surface area contributed by atoms with Gasteiger partial charge in [-0.05, 0) is 88.7 Å². The average Bonchev–Trinajstić information content (AvgIpc) is 2.70. The average molecular weight is 402 g/mol. The molecule has 0 bridgehead atoms. The van der Waals surface area contributed by atoms with Gasteiger partial charge in [-0.25, -0.2) is 0 Å². The maximum atomic E-state index is 11.9. The highest BCUT2D eigenvalue weighted by atomic mass is 16.5. The standard InChI is InChI=1S/C24H39N3O2/c1-4-12-26(13-5-6-14-27-15-11-25-18-24(27)28)22-9-7-20-8-10-23(29-19(2)3)17-21(20)16-22/h8,10,17,19,22,25H,4-7,9,11-16,18H2,1-3H3. The summed E-state index contributed by atoms with van der Waals surface area (Å²) in [5, 5.41) is 3.15. The minimum Gasteiger partial charge on any atom is -0.491 e. The Morgan fingerprint density at radius 3 is 2.86 bits per heavy atom. The predicted molar refractivity (Wildman–Crippen MR) is 119 cm³/mol. The van der Waals surface area contributed by atoms with E-state index in [1.54, 1.807) is 0 Å². The molecule has 1 aliphatic carbocycles. The summed E-state index contributed by atoms with van der Waals surface area (Å²) in [4.78, 5) is 16.6. The van der Waals surface area contributed by atoms with Crippen molar-refractivity contribution in [3.63, 3.8) is 0 Å². The Kier molecular flexibility index (Phi) is 8.37. The maximum Gasteiger partial charge on any atom is 0.236 e. The molecule has 1 aromatic rings. The fourth-order valence-corrected chi connectivity index (χ4v) is 4.64. The van der Waals surface area contributed by atoms with Gasteiger partial charge < -0.3 is 19.9 Å². The van der Waals surface area contributed by atoms with Gasteiger partial charge >= 0.3 is 0 Å². The number of carbonyl (C=O) groups is 1. The van der Waals surface area contributed by atoms with Gasteiger partial charge in [0.1, 0.15) is 5.75 Å². The van der Waals surface area contributed by atoms with Gasteiger partial charge in [0.25, 0.3) is 0 Å². The molecule has 0 radical (unpaired) electrons. The van der Waals surface area contributed by atoms with E-state index in [4.69, 9.17) is 4.74 Å². The lowest BCUT2D eigenvalue weighted by molar-refractivity contribution is -0.131. The molecule has 29 heavy (non-hydrogen) atoms. The van der Waals surface area contributed by atoms with E-state index < -0.39 is 0 Å². The Labute approximate surface area is 176 Å². The van der Waals surface area contributed by atoms with Crippen LogP contribution in [0.25, 0.3) is 0 Å². The zero-order chi connectivity index (χ0) is 20.6. The Morgan fingerprint density at radius 2 is 2.10 bits per heavy atom. The normalized spacial score (nSPS) is 19.7. The van der Waals surface area contributed by atoms with Gasteiger partial charge in [-0.2, -0.15) is 0 Å². The van der Waals surface area contributed by atoms with Crippen LogP contribution in [0.5, 0.6) is 5.75 Å². The van der Waals surface area contributed by atoms with Crippen molar-refractivity contribution in [3.8, 4) is 5.75 Å². The van der Waals surface area contributed by atoms with Crippen molar-refractivity contribution in [1.29, 1.82) is 0 Å². The summed E-state index contributed by atoms with van der Waals surface area (Å²) in [6.07, 6.45) is 7.20. The molecule has 2 aliphatic rings. The first-order valence-corrected chi connectivity index (χ1v) is 11.6. The number of unbranched alkanes of at least 4 members (excludes halogenated alkanes) is 1. The number of benzene rings is 1. The van der Waals surface area contributed by atoms with Crippen LogP contribution in [0.1, 0.15) is 57.6 Å². The molecule has 0 spiro atoms. The molecule has 1 saturated heterocycles. The molecule has 1 unspecified atom stereocenters. The number of nitrogens with one attached hydrogen (secondary N) is 1. The number of hydrogen-bond acceptors (Lipinski definition) is 4. The van der Waals surface area contributed by atoms with Gasteiger partial charge in [0.15, 0.2) is 0 Å². The molecule has 5 nitrogen and oxygen atoms in total. The zero-order valence-electron chi connectivity index (χ0n) is 18.6. The van der Waals surface area contributed by atoms with Crippen LogP contribution in [-0.2, 0) is 17.6 Å². The summed E-state index contributed by atoms with van der Waals surface area (Å²) in [7, 11) is 0. The van der Waals surface area contributed by atoms with Gasteiger partial charge in [-0.15, -0.1) is 0 Å². The number of amides is 1. The van der Waals surface area contributed by atoms with Crippen LogP contribution in [0.3, 0.4) is 0 Å². The molecule has 1 aliphatic heterocycles. The van der Waals surface area contributed by atoms with E-state index in [0.717, 1.165) is 64.2 Å². The van der Waals surface area contributed by atoms with E-state index in [2.05, 4.69) is 49.2 Å². The van der Waals surface area contributed by atoms with Gasteiger partial charge in [-0.3, -0.25) is 4.79 Å². The molecule has 1 N–H and O–H groups in total. The molecule has 1 aromatic carbocycles. The second kappa shape index (κ2) is 11.0. The fourth-order valence-electron chi connectivity index (χ4n) is 4.64. The number of nitrogens with zero attached hydrogens (tertiary/aromatic N) is 2. The number of fused-ring (bicyclic) bond motifs is 1. The van der Waals surface area contributed by atoms with Crippen molar-refractivity contribution >= 4 is 5.91 Å². The highest BCUT2D eigenvalue weighted by molar-refractivity contribution is 5.78. The number of aryl methyl sites for hydroxylation is 1. The minimum absolute atomic E-state index is 0.214. The molecule has 3 rings (SSSR count). The molecule has 1 atom stereocenters. The maximum absolute atomic E-state index is 11.9. The molecule has 1 amide bonds. The molecule has 162 valence electrons. The quantitative estimate of drug-likeness (QED) is 0.611. The monoisotopic (exact) mass is 401 g/mol. The summed E-state index contributed by atoms with van der Waals surface area (Å²) in [6.45, 7) is 11.9. The van der Waals surface area contributed by atoms with Crippen molar-refractivity contribution in [1.82, 2.24) is 15.1 Å². The van der Waals surface area contributed by atoms with Crippen molar-refractivity contribution in [2.45, 2.75) is 71.4 Å². The fraction of sp³-hybridized carbons (Fsp3) is 0.708. The number of carbonyl (C=O) groups excluding carboxylic acids is 1. The van der Waals surface area contributed by atoms with Crippen molar-refractivity contribution in [2.24, 2.45) is 0 Å². The highest BCUT2D eigenvalue weighted by Crippen LogP contribution is 2.28. The molecule has 0 aromatic heterocycles. The molecule has 1 heterocycles. The second-order valence-corrected chi connectivity index (χ2v) is 8.79. The van der Waals surface area contributed by atoms with E-state index in [-0.39, 0.29) is 12.0 Å². The SMILES string of the molecule is CCCN(CCCCN1CCNCC1=O)C1CCc2ccc(OC(C)C)cc2C1. The van der Waals surface area contributed by atoms with Crippen LogP contribution in [0.2, 0.25) is 0 Å². The van der Waals surface area contributed by atoms with E-state index >= 15 is 0 Å². The molecule has 0 saturated carbocycles. The first kappa shape index (κ1) is 22.1. The lowest BCUT2D eigenvalue weighted by Gasteiger charge is -2.35. The molecular weight excluding hydrogens is 362 g/mol. The van der Waals surface area contributed by atoms with Crippen LogP contribution in [0, 0.1) is 0 Å². The predicted octanol–water partition coefficient (Wildman–Crippen LogP) is 3.26. The lowest BCUT2D eigenvalue weighted by Crippen LogP contribution is -2.48. The number of ether oxygens (including phenoxy) is 1. The minimum atomic E-state index is 0.214.